The van der Waals surface area contributed by atoms with Crippen molar-refractivity contribution in [3.05, 3.63) is 23.8 Å². The second-order valence-corrected chi connectivity index (χ2v) is 12.2. The first kappa shape index (κ1) is 27.6. The van der Waals surface area contributed by atoms with Crippen LogP contribution < -0.4 is 10.2 Å². The molecule has 13 heteroatoms. The fraction of sp³-hybridized carbons (Fsp3) is 0.667. The lowest BCUT2D eigenvalue weighted by Gasteiger charge is -2.39. The maximum atomic E-state index is 13.4. The number of fused-ring (bicyclic) bond motifs is 1. The van der Waals surface area contributed by atoms with Crippen molar-refractivity contribution >= 4 is 21.6 Å². The number of likely N-dealkylation sites (tertiary alicyclic amines) is 1. The largest absolute Gasteiger partial charge is 0.480 e. The molecule has 1 amide bonds. The molecule has 1 aliphatic carbocycles. The average Bonchev–Trinajstić information content (AvgIpc) is 3.15. The second kappa shape index (κ2) is 9.42. The van der Waals surface area contributed by atoms with Crippen molar-refractivity contribution < 1.29 is 40.7 Å². The molecule has 5 rings (SSSR count). The molecule has 3 aliphatic heterocycles. The Labute approximate surface area is 214 Å². The summed E-state index contributed by atoms with van der Waals surface area (Å²) < 4.78 is 73.8. The smallest absolute Gasteiger partial charge is 0.425 e. The molecule has 1 aromatic rings. The standard InChI is InChI=1S/C22H26F3N3O6S.C2H6/c1-12(22(23,24)25)33-16-5-4-14(35(3,30)31)6-15(16)17(29)28-8-13-7-21(13,9-28)18-26-19(34-27-18)20(2)10-32-11-20;1-2/h4-6,12-13,19H,7-11H2,1-3H3,(H,26,27);1-2H3. The molecule has 4 aliphatic rings. The zero-order valence-electron chi connectivity index (χ0n) is 21.4. The lowest BCUT2D eigenvalue weighted by molar-refractivity contribution is -0.189. The van der Waals surface area contributed by atoms with E-state index in [4.69, 9.17) is 19.3 Å². The number of rotatable bonds is 6. The second-order valence-electron chi connectivity index (χ2n) is 10.2. The van der Waals surface area contributed by atoms with Crippen molar-refractivity contribution in [1.29, 1.82) is 0 Å². The van der Waals surface area contributed by atoms with E-state index in [9.17, 15) is 26.4 Å². The van der Waals surface area contributed by atoms with E-state index >= 15 is 0 Å². The Hall–Kier alpha value is -2.38. The third-order valence-corrected chi connectivity index (χ3v) is 8.36. The predicted octanol–water partition coefficient (Wildman–Crippen LogP) is 3.20. The fourth-order valence-corrected chi connectivity index (χ4v) is 5.47. The Kier molecular flexibility index (Phi) is 7.04. The molecule has 206 valence electrons. The zero-order valence-corrected chi connectivity index (χ0v) is 22.2. The van der Waals surface area contributed by atoms with E-state index in [1.54, 1.807) is 0 Å². The summed E-state index contributed by atoms with van der Waals surface area (Å²) in [4.78, 5) is 25.2. The summed E-state index contributed by atoms with van der Waals surface area (Å²) in [5.74, 6) is -0.147. The maximum absolute atomic E-state index is 13.4. The van der Waals surface area contributed by atoms with Crippen molar-refractivity contribution in [1.82, 2.24) is 10.4 Å². The number of ether oxygens (including phenoxy) is 2. The van der Waals surface area contributed by atoms with Crippen molar-refractivity contribution in [3.63, 3.8) is 0 Å². The number of hydrogen-bond donors (Lipinski definition) is 1. The lowest BCUT2D eigenvalue weighted by Crippen LogP contribution is -2.49. The van der Waals surface area contributed by atoms with Gasteiger partial charge in [0.2, 0.25) is 0 Å². The first-order chi connectivity index (χ1) is 17.2. The van der Waals surface area contributed by atoms with Crippen LogP contribution in [0, 0.1) is 16.7 Å². The van der Waals surface area contributed by atoms with Gasteiger partial charge in [-0.2, -0.15) is 13.2 Å². The number of benzene rings is 1. The number of nitrogens with zero attached hydrogens (tertiary/aromatic N) is 2. The molecular formula is C24H32F3N3O6S. The molecule has 0 aromatic heterocycles. The summed E-state index contributed by atoms with van der Waals surface area (Å²) in [6.45, 7) is 8.55. The van der Waals surface area contributed by atoms with Gasteiger partial charge in [0.25, 0.3) is 5.91 Å². The highest BCUT2D eigenvalue weighted by Gasteiger charge is 2.66. The number of amides is 1. The number of amidine groups is 1. The molecule has 1 aromatic carbocycles. The highest BCUT2D eigenvalue weighted by molar-refractivity contribution is 7.90. The summed E-state index contributed by atoms with van der Waals surface area (Å²) in [5.41, 5.74) is 2.05. The molecule has 3 heterocycles. The number of piperidine rings is 1. The minimum absolute atomic E-state index is 0.113. The van der Waals surface area contributed by atoms with Crippen LogP contribution in [0.2, 0.25) is 0 Å². The molecule has 2 saturated heterocycles. The number of hydroxylamine groups is 1. The summed E-state index contributed by atoms with van der Waals surface area (Å²) in [7, 11) is -3.70. The third-order valence-electron chi connectivity index (χ3n) is 7.25. The summed E-state index contributed by atoms with van der Waals surface area (Å²) >= 11 is 0. The van der Waals surface area contributed by atoms with Gasteiger partial charge in [0, 0.05) is 19.3 Å². The van der Waals surface area contributed by atoms with E-state index in [-0.39, 0.29) is 34.1 Å². The van der Waals surface area contributed by atoms with E-state index in [2.05, 4.69) is 5.48 Å². The zero-order chi connectivity index (χ0) is 27.4. The van der Waals surface area contributed by atoms with Gasteiger partial charge in [0.05, 0.1) is 34.5 Å². The number of carbonyl (C=O) groups excluding carboxylic acids is 1. The monoisotopic (exact) mass is 547 g/mol. The van der Waals surface area contributed by atoms with Gasteiger partial charge in [-0.25, -0.2) is 18.2 Å². The van der Waals surface area contributed by atoms with Gasteiger partial charge in [-0.05, 0) is 37.5 Å². The van der Waals surface area contributed by atoms with Gasteiger partial charge in [-0.3, -0.25) is 10.3 Å². The van der Waals surface area contributed by atoms with Crippen LogP contribution in [0.15, 0.2) is 28.1 Å². The van der Waals surface area contributed by atoms with Gasteiger partial charge in [-0.15, -0.1) is 0 Å². The van der Waals surface area contributed by atoms with Crippen LogP contribution in [0.1, 0.15) is 44.5 Å². The number of aliphatic imine (C=N–C) groups is 1. The molecule has 9 nitrogen and oxygen atoms in total. The van der Waals surface area contributed by atoms with E-state index in [0.29, 0.717) is 25.6 Å². The maximum Gasteiger partial charge on any atom is 0.425 e. The van der Waals surface area contributed by atoms with Gasteiger partial charge in [0.1, 0.15) is 11.6 Å². The minimum Gasteiger partial charge on any atom is -0.480 e. The van der Waals surface area contributed by atoms with E-state index in [1.807, 2.05) is 20.8 Å². The Morgan fingerprint density at radius 2 is 1.97 bits per heavy atom. The molecule has 1 saturated carbocycles. The van der Waals surface area contributed by atoms with Crippen LogP contribution >= 0.6 is 0 Å². The number of sulfone groups is 1. The third kappa shape index (κ3) is 5.05. The SMILES string of the molecule is CC.CC(Oc1ccc(S(C)(=O)=O)cc1C(=O)N1CC2CC2(C2=NC(C3(C)COC3)ON2)C1)C(F)(F)F. The van der Waals surface area contributed by atoms with Crippen LogP contribution in [0.25, 0.3) is 0 Å². The molecule has 0 spiro atoms. The summed E-state index contributed by atoms with van der Waals surface area (Å²) in [5, 5.41) is 0. The number of nitrogens with one attached hydrogen (secondary N) is 1. The molecule has 4 atom stereocenters. The van der Waals surface area contributed by atoms with Crippen molar-refractivity contribution in [2.45, 2.75) is 57.5 Å². The summed E-state index contributed by atoms with van der Waals surface area (Å²) in [6.07, 6.45) is -5.48. The molecule has 37 heavy (non-hydrogen) atoms. The van der Waals surface area contributed by atoms with Crippen LogP contribution in [0.3, 0.4) is 0 Å². The molecule has 0 radical (unpaired) electrons. The van der Waals surface area contributed by atoms with E-state index in [0.717, 1.165) is 37.8 Å². The van der Waals surface area contributed by atoms with Gasteiger partial charge >= 0.3 is 6.18 Å². The topological polar surface area (TPSA) is 107 Å². The fourth-order valence-electron chi connectivity index (χ4n) is 4.82. The number of alkyl halides is 3. The molecule has 3 fully saturated rings. The highest BCUT2D eigenvalue weighted by atomic mass is 32.2. The van der Waals surface area contributed by atoms with Crippen molar-refractivity contribution in [3.8, 4) is 5.75 Å². The van der Waals surface area contributed by atoms with E-state index in [1.165, 1.54) is 4.90 Å². The Bertz CT molecular complexity index is 1200. The van der Waals surface area contributed by atoms with Crippen molar-refractivity contribution in [2.24, 2.45) is 21.7 Å². The van der Waals surface area contributed by atoms with Crippen molar-refractivity contribution in [2.75, 3.05) is 32.6 Å². The Morgan fingerprint density at radius 1 is 1.30 bits per heavy atom. The Balaban J connectivity index is 0.00000156. The molecule has 1 N–H and O–H groups in total. The Morgan fingerprint density at radius 3 is 2.54 bits per heavy atom. The normalized spacial score (nSPS) is 28.6. The van der Waals surface area contributed by atoms with E-state index < -0.39 is 39.7 Å². The first-order valence-corrected chi connectivity index (χ1v) is 14.1. The predicted molar refractivity (Wildman–Crippen MR) is 128 cm³/mol. The van der Waals surface area contributed by atoms with Crippen LogP contribution in [0.5, 0.6) is 5.75 Å². The van der Waals surface area contributed by atoms with Gasteiger partial charge in [0.15, 0.2) is 22.2 Å². The number of hydrogen-bond acceptors (Lipinski definition) is 8. The molecule has 4 unspecified atom stereocenters. The van der Waals surface area contributed by atoms with Crippen LogP contribution in [0.4, 0.5) is 13.2 Å². The summed E-state index contributed by atoms with van der Waals surface area (Å²) in [6, 6.07) is 3.31. The van der Waals surface area contributed by atoms with Gasteiger partial charge in [-0.1, -0.05) is 20.8 Å². The minimum atomic E-state index is -4.65. The number of carbonyl (C=O) groups is 1. The average molecular weight is 548 g/mol. The van der Waals surface area contributed by atoms with Gasteiger partial charge < -0.3 is 14.4 Å². The van der Waals surface area contributed by atoms with Crippen LogP contribution in [-0.2, 0) is 19.4 Å². The quantitative estimate of drug-likeness (QED) is 0.583. The van der Waals surface area contributed by atoms with Crippen LogP contribution in [-0.4, -0.2) is 76.1 Å². The molecular weight excluding hydrogens is 515 g/mol. The highest BCUT2D eigenvalue weighted by Crippen LogP contribution is 2.59. The lowest BCUT2D eigenvalue weighted by atomic mass is 9.87. The molecule has 0 bridgehead atoms. The number of halogens is 3. The first-order valence-electron chi connectivity index (χ1n) is 12.2.